The van der Waals surface area contributed by atoms with Crippen LogP contribution in [-0.2, 0) is 0 Å². The number of fused-ring (bicyclic) bond motifs is 8. The van der Waals surface area contributed by atoms with Crippen molar-refractivity contribution in [3.8, 4) is 0 Å². The second-order valence-corrected chi connectivity index (χ2v) is 20.8. The van der Waals surface area contributed by atoms with Gasteiger partial charge in [-0.2, -0.15) is 0 Å². The lowest BCUT2D eigenvalue weighted by Crippen LogP contribution is -2.31. The van der Waals surface area contributed by atoms with Gasteiger partial charge >= 0.3 is 0 Å². The topological polar surface area (TPSA) is 0 Å². The molecule has 1 aromatic carbocycles. The first kappa shape index (κ1) is 36.5. The summed E-state index contributed by atoms with van der Waals surface area (Å²) < 4.78 is 0. The summed E-state index contributed by atoms with van der Waals surface area (Å²) in [6.07, 6.45) is 61.2. The number of rotatable bonds is 4. The fourth-order valence-corrected chi connectivity index (χ4v) is 15.2. The van der Waals surface area contributed by atoms with Crippen molar-refractivity contribution in [3.63, 3.8) is 0 Å². The molecule has 11 rings (SSSR count). The fraction of sp³-hybridized carbons (Fsp3) is 0.464. The van der Waals surface area contributed by atoms with Gasteiger partial charge in [0.25, 0.3) is 0 Å². The quantitative estimate of drug-likeness (QED) is 0.275. The molecule has 0 amide bonds. The molecule has 2 saturated carbocycles. The maximum atomic E-state index is 2.77. The first-order valence-electron chi connectivity index (χ1n) is 23.1. The molecule has 0 bridgehead atoms. The highest BCUT2D eigenvalue weighted by molar-refractivity contribution is 8.04. The van der Waals surface area contributed by atoms with Gasteiger partial charge in [-0.25, -0.2) is 0 Å². The molecule has 0 saturated heterocycles. The van der Waals surface area contributed by atoms with E-state index < -0.39 is 0 Å². The van der Waals surface area contributed by atoms with E-state index in [-0.39, 0.29) is 0 Å². The van der Waals surface area contributed by atoms with Crippen molar-refractivity contribution in [2.75, 3.05) is 0 Å². The molecule has 1 heteroatoms. The molecule has 15 atom stereocenters. The predicted octanol–water partition coefficient (Wildman–Crippen LogP) is 14.4. The standard InChI is InChI=1S/C56H62S/c1-36-47-29-27-43(33-53(47)49-16-8-6-14-45(49)34-51(36)46-28-30-56-54(35-46)50-17-9-10-18-55(50)57-56)39-21-19-38(20-22-39)42-26-24-40-23-25-41(37-11-3-2-4-12-37)31-44-13-5-7-15-48(44)52(40)32-42/h2-8,10-16,18-21,27-30,32-33,36,39-42,44-51,53,55H,9,17,22-26,31,34-35H2,1H3. The molecule has 1 aromatic rings. The highest BCUT2D eigenvalue weighted by Gasteiger charge is 2.46. The Morgan fingerprint density at radius 2 is 1.44 bits per heavy atom. The average Bonchev–Trinajstić information content (AvgIpc) is 3.59. The first-order valence-corrected chi connectivity index (χ1v) is 24.0. The van der Waals surface area contributed by atoms with Gasteiger partial charge in [-0.1, -0.05) is 164 Å². The monoisotopic (exact) mass is 766 g/mol. The molecule has 10 aliphatic rings. The van der Waals surface area contributed by atoms with E-state index in [0.717, 1.165) is 24.2 Å². The molecule has 15 unspecified atom stereocenters. The fourth-order valence-electron chi connectivity index (χ4n) is 13.7. The summed E-state index contributed by atoms with van der Waals surface area (Å²) in [5, 5.41) is 0.690. The minimum absolute atomic E-state index is 0.488. The molecule has 1 aliphatic heterocycles. The van der Waals surface area contributed by atoms with Crippen LogP contribution in [0.25, 0.3) is 0 Å². The molecule has 2 fully saturated rings. The van der Waals surface area contributed by atoms with Crippen molar-refractivity contribution >= 4 is 11.8 Å². The van der Waals surface area contributed by atoms with Crippen molar-refractivity contribution in [2.24, 2.45) is 76.9 Å². The van der Waals surface area contributed by atoms with E-state index >= 15 is 0 Å². The molecule has 0 aromatic heterocycles. The summed E-state index contributed by atoms with van der Waals surface area (Å²) >= 11 is 2.15. The first-order chi connectivity index (χ1) is 28.1. The zero-order chi connectivity index (χ0) is 37.9. The van der Waals surface area contributed by atoms with Crippen LogP contribution >= 0.6 is 11.8 Å². The molecule has 292 valence electrons. The predicted molar refractivity (Wildman–Crippen MR) is 242 cm³/mol. The van der Waals surface area contributed by atoms with E-state index in [1.807, 2.05) is 0 Å². The number of benzene rings is 1. The van der Waals surface area contributed by atoms with Crippen molar-refractivity contribution in [1.29, 1.82) is 0 Å². The highest BCUT2D eigenvalue weighted by atomic mass is 32.2. The smallest absolute Gasteiger partial charge is 0.0340 e. The second kappa shape index (κ2) is 15.6. The molecule has 0 radical (unpaired) electrons. The molecular formula is C56H62S. The Labute approximate surface area is 347 Å². The van der Waals surface area contributed by atoms with Crippen LogP contribution in [0.1, 0.15) is 82.6 Å². The lowest BCUT2D eigenvalue weighted by atomic mass is 9.64. The van der Waals surface area contributed by atoms with E-state index in [2.05, 4.69) is 164 Å². The molecule has 0 nitrogen and oxygen atoms in total. The van der Waals surface area contributed by atoms with Crippen molar-refractivity contribution in [1.82, 2.24) is 0 Å². The normalized spacial score (nSPS) is 42.6. The Morgan fingerprint density at radius 1 is 0.614 bits per heavy atom. The van der Waals surface area contributed by atoms with Crippen LogP contribution < -0.4 is 0 Å². The third kappa shape index (κ3) is 6.86. The summed E-state index contributed by atoms with van der Waals surface area (Å²) in [6, 6.07) is 11.4. The zero-order valence-corrected chi connectivity index (χ0v) is 34.8. The SMILES string of the molecule is CC1C2C=CC(C3C=CC(C4C=C5C(CC4)CCC(c4ccccc4)CC4C=CC=CC54)=CC3)=CC2C2C=CC=CC2CC1C1C=CC2=C(C1)C1CCC=CC1S2. The summed E-state index contributed by atoms with van der Waals surface area (Å²) in [6.45, 7) is 2.63. The van der Waals surface area contributed by atoms with Crippen LogP contribution in [0.4, 0.5) is 0 Å². The van der Waals surface area contributed by atoms with E-state index in [4.69, 9.17) is 0 Å². The van der Waals surface area contributed by atoms with E-state index in [0.29, 0.717) is 70.3 Å². The Bertz CT molecular complexity index is 2080. The summed E-state index contributed by atoms with van der Waals surface area (Å²) in [5.74, 6) is 8.87. The summed E-state index contributed by atoms with van der Waals surface area (Å²) in [5.41, 5.74) is 8.25. The van der Waals surface area contributed by atoms with Crippen LogP contribution in [0.2, 0.25) is 0 Å². The van der Waals surface area contributed by atoms with Gasteiger partial charge in [0, 0.05) is 27.9 Å². The highest BCUT2D eigenvalue weighted by Crippen LogP contribution is 2.56. The molecule has 57 heavy (non-hydrogen) atoms. The van der Waals surface area contributed by atoms with Crippen LogP contribution in [0.15, 0.2) is 173 Å². The van der Waals surface area contributed by atoms with Gasteiger partial charge in [-0.3, -0.25) is 0 Å². The van der Waals surface area contributed by atoms with Crippen molar-refractivity contribution < 1.29 is 0 Å². The van der Waals surface area contributed by atoms with Gasteiger partial charge < -0.3 is 0 Å². The van der Waals surface area contributed by atoms with Crippen LogP contribution in [0.5, 0.6) is 0 Å². The zero-order valence-electron chi connectivity index (χ0n) is 34.0. The van der Waals surface area contributed by atoms with Gasteiger partial charge in [0.1, 0.15) is 0 Å². The number of allylic oxidation sites excluding steroid dienone is 22. The number of hydrogen-bond donors (Lipinski definition) is 0. The lowest BCUT2D eigenvalue weighted by molar-refractivity contribution is 0.202. The van der Waals surface area contributed by atoms with Crippen molar-refractivity contribution in [3.05, 3.63) is 179 Å². The van der Waals surface area contributed by atoms with Gasteiger partial charge in [0.15, 0.2) is 0 Å². The van der Waals surface area contributed by atoms with E-state index in [9.17, 15) is 0 Å². The van der Waals surface area contributed by atoms with Crippen LogP contribution in [-0.4, -0.2) is 5.25 Å². The molecule has 1 heterocycles. The molecule has 0 N–H and O–H groups in total. The average molecular weight is 767 g/mol. The minimum Gasteiger partial charge on any atom is -0.118 e. The van der Waals surface area contributed by atoms with Crippen LogP contribution in [0, 0.1) is 76.9 Å². The van der Waals surface area contributed by atoms with Gasteiger partial charge in [-0.05, 0) is 146 Å². The third-order valence-corrected chi connectivity index (χ3v) is 18.2. The Balaban J connectivity index is 0.796. The Morgan fingerprint density at radius 3 is 2.33 bits per heavy atom. The number of hydrogen-bond acceptors (Lipinski definition) is 1. The maximum Gasteiger partial charge on any atom is 0.0340 e. The molecule has 9 aliphatic carbocycles. The molecule has 0 spiro atoms. The minimum atomic E-state index is 0.488. The van der Waals surface area contributed by atoms with Crippen molar-refractivity contribution in [2.45, 2.75) is 82.3 Å². The lowest BCUT2D eigenvalue weighted by Gasteiger charge is -2.41. The van der Waals surface area contributed by atoms with Gasteiger partial charge in [-0.15, -0.1) is 11.8 Å². The third-order valence-electron chi connectivity index (χ3n) is 16.8. The summed E-state index contributed by atoms with van der Waals surface area (Å²) in [7, 11) is 0. The largest absolute Gasteiger partial charge is 0.118 e. The van der Waals surface area contributed by atoms with Gasteiger partial charge in [0.05, 0.1) is 0 Å². The second-order valence-electron chi connectivity index (χ2n) is 19.6. The maximum absolute atomic E-state index is 2.77. The van der Waals surface area contributed by atoms with E-state index in [1.54, 1.807) is 32.8 Å². The Kier molecular flexibility index (Phi) is 9.97. The summed E-state index contributed by atoms with van der Waals surface area (Å²) in [4.78, 5) is 1.61. The number of thioether (sulfide) groups is 1. The van der Waals surface area contributed by atoms with Crippen LogP contribution in [0.3, 0.4) is 0 Å². The molecular weight excluding hydrogens is 705 g/mol. The van der Waals surface area contributed by atoms with E-state index in [1.165, 1.54) is 57.8 Å². The van der Waals surface area contributed by atoms with Gasteiger partial charge in [0.2, 0.25) is 0 Å². The Hall–Kier alpha value is -3.55.